The van der Waals surface area contributed by atoms with Crippen LogP contribution in [0.5, 0.6) is 0 Å². The average molecular weight is 567 g/mol. The normalized spacial score (nSPS) is 17.4. The molecule has 4 heteroatoms. The van der Waals surface area contributed by atoms with E-state index >= 15 is 0 Å². The molecule has 0 bridgehead atoms. The summed E-state index contributed by atoms with van der Waals surface area (Å²) in [6.07, 6.45) is 5.81. The van der Waals surface area contributed by atoms with Crippen LogP contribution in [0.15, 0.2) is 119 Å². The van der Waals surface area contributed by atoms with Crippen LogP contribution < -0.4 is 14.4 Å². The van der Waals surface area contributed by atoms with E-state index in [0.717, 1.165) is 17.8 Å². The number of allylic oxidation sites excluding steroid dienone is 1. The van der Waals surface area contributed by atoms with Gasteiger partial charge in [0.15, 0.2) is 0 Å². The van der Waals surface area contributed by atoms with Crippen LogP contribution in [-0.4, -0.2) is 14.1 Å². The lowest BCUT2D eigenvalue weighted by molar-refractivity contribution is -0.569. The highest BCUT2D eigenvalue weighted by Gasteiger charge is 2.39. The zero-order valence-electron chi connectivity index (χ0n) is 24.9. The number of thioether (sulfide) groups is 1. The number of aromatic nitrogens is 1. The molecular weight excluding hydrogens is 531 g/mol. The van der Waals surface area contributed by atoms with E-state index in [1.165, 1.54) is 54.6 Å². The van der Waals surface area contributed by atoms with Crippen molar-refractivity contribution in [2.24, 2.45) is 0 Å². The van der Waals surface area contributed by atoms with E-state index in [1.807, 2.05) is 11.8 Å². The van der Waals surface area contributed by atoms with E-state index in [2.05, 4.69) is 165 Å². The number of hydrogen-bond donors (Lipinski definition) is 0. The maximum atomic E-state index is 2.41. The summed E-state index contributed by atoms with van der Waals surface area (Å²) in [6.45, 7) is 6.95. The molecule has 1 aromatic heterocycles. The van der Waals surface area contributed by atoms with Crippen LogP contribution in [0.3, 0.4) is 0 Å². The molecular formula is C38H36N3S+. The number of fused-ring (bicyclic) bond motifs is 3. The number of pyridine rings is 1. The van der Waals surface area contributed by atoms with Crippen LogP contribution in [0, 0.1) is 0 Å². The summed E-state index contributed by atoms with van der Waals surface area (Å²) < 4.78 is 2.41. The van der Waals surface area contributed by atoms with Crippen LogP contribution in [0.2, 0.25) is 0 Å². The first-order valence-corrected chi connectivity index (χ1v) is 15.5. The predicted molar refractivity (Wildman–Crippen MR) is 179 cm³/mol. The topological polar surface area (TPSA) is 10.4 Å². The van der Waals surface area contributed by atoms with Gasteiger partial charge in [0.2, 0.25) is 16.9 Å². The Labute approximate surface area is 253 Å². The molecule has 0 N–H and O–H groups in total. The van der Waals surface area contributed by atoms with Crippen molar-refractivity contribution in [3.05, 3.63) is 136 Å². The third kappa shape index (κ3) is 4.24. The lowest BCUT2D eigenvalue weighted by atomic mass is 9.82. The Kier molecular flexibility index (Phi) is 6.47. The van der Waals surface area contributed by atoms with Gasteiger partial charge in [0.25, 0.3) is 0 Å². The van der Waals surface area contributed by atoms with Gasteiger partial charge in [0, 0.05) is 66.1 Å². The lowest BCUT2D eigenvalue weighted by Gasteiger charge is -2.24. The first-order valence-electron chi connectivity index (χ1n) is 14.7. The minimum atomic E-state index is -0.128. The number of anilines is 2. The van der Waals surface area contributed by atoms with Gasteiger partial charge in [-0.25, -0.2) is 0 Å². The molecule has 3 heterocycles. The molecule has 2 aliphatic rings. The molecule has 0 radical (unpaired) electrons. The molecule has 0 fully saturated rings. The second kappa shape index (κ2) is 10.2. The van der Waals surface area contributed by atoms with Gasteiger partial charge in [0.1, 0.15) is 0 Å². The Hall–Kier alpha value is -4.28. The molecule has 0 saturated heterocycles. The van der Waals surface area contributed by atoms with E-state index in [9.17, 15) is 0 Å². The quantitative estimate of drug-likeness (QED) is 0.201. The lowest BCUT2D eigenvalue weighted by Crippen LogP contribution is -2.36. The molecule has 0 amide bonds. The maximum absolute atomic E-state index is 2.41. The number of para-hydroxylation sites is 3. The van der Waals surface area contributed by atoms with Gasteiger partial charge in [-0.2, -0.15) is 4.57 Å². The van der Waals surface area contributed by atoms with Crippen LogP contribution in [0.25, 0.3) is 28.7 Å². The van der Waals surface area contributed by atoms with E-state index in [0.29, 0.717) is 0 Å². The van der Waals surface area contributed by atoms with Crippen molar-refractivity contribution < 1.29 is 4.57 Å². The Morgan fingerprint density at radius 1 is 0.762 bits per heavy atom. The number of rotatable bonds is 4. The second-order valence-electron chi connectivity index (χ2n) is 11.7. The summed E-state index contributed by atoms with van der Waals surface area (Å²) >= 11 is 1.84. The zero-order chi connectivity index (χ0) is 29.0. The van der Waals surface area contributed by atoms with Gasteiger partial charge < -0.3 is 9.80 Å². The van der Waals surface area contributed by atoms with Crippen molar-refractivity contribution >= 4 is 46.2 Å². The molecule has 42 heavy (non-hydrogen) atoms. The summed E-state index contributed by atoms with van der Waals surface area (Å²) in [4.78, 5) is 5.99. The highest BCUT2D eigenvalue weighted by molar-refractivity contribution is 8.03. The number of hydrogen-bond acceptors (Lipinski definition) is 3. The molecule has 0 spiro atoms. The zero-order valence-corrected chi connectivity index (χ0v) is 25.7. The smallest absolute Gasteiger partial charge is 0.219 e. The highest BCUT2D eigenvalue weighted by atomic mass is 32.2. The summed E-state index contributed by atoms with van der Waals surface area (Å²) in [5, 5.41) is 2.46. The first kappa shape index (κ1) is 26.6. The van der Waals surface area contributed by atoms with Crippen molar-refractivity contribution in [1.82, 2.24) is 0 Å². The summed E-state index contributed by atoms with van der Waals surface area (Å²) in [7, 11) is 4.38. The monoisotopic (exact) mass is 566 g/mol. The Morgan fingerprint density at radius 3 is 2.29 bits per heavy atom. The summed E-state index contributed by atoms with van der Waals surface area (Å²) in [5.74, 6) is 0. The predicted octanol–water partition coefficient (Wildman–Crippen LogP) is 8.99. The molecule has 7 rings (SSSR count). The van der Waals surface area contributed by atoms with Crippen molar-refractivity contribution in [2.45, 2.75) is 37.5 Å². The Bertz CT molecular complexity index is 1900. The van der Waals surface area contributed by atoms with Gasteiger partial charge in [0.05, 0.1) is 16.1 Å². The van der Waals surface area contributed by atoms with Gasteiger partial charge >= 0.3 is 0 Å². The number of aryl methyl sites for hydroxylation is 1. The van der Waals surface area contributed by atoms with Gasteiger partial charge in [-0.3, -0.25) is 0 Å². The van der Waals surface area contributed by atoms with Gasteiger partial charge in [-0.15, -0.1) is 0 Å². The molecule has 0 atom stereocenters. The first-order chi connectivity index (χ1) is 20.4. The average Bonchev–Trinajstić information content (AvgIpc) is 3.43. The molecule has 0 unspecified atom stereocenters. The van der Waals surface area contributed by atoms with E-state index in [1.54, 1.807) is 0 Å². The molecule has 208 valence electrons. The molecule has 5 aromatic rings. The molecule has 0 saturated carbocycles. The molecule has 4 aromatic carbocycles. The number of likely N-dealkylation sites (N-methyl/N-ethyl adjacent to an activating group) is 1. The van der Waals surface area contributed by atoms with Crippen molar-refractivity contribution in [2.75, 3.05) is 23.9 Å². The van der Waals surface area contributed by atoms with Crippen molar-refractivity contribution in [1.29, 1.82) is 0 Å². The molecule has 3 nitrogen and oxygen atoms in total. The fourth-order valence-corrected chi connectivity index (χ4v) is 7.63. The van der Waals surface area contributed by atoms with Crippen LogP contribution in [-0.2, 0) is 11.8 Å². The summed E-state index contributed by atoms with van der Waals surface area (Å²) in [6, 6.07) is 37.5. The largest absolute Gasteiger partial charge is 0.347 e. The number of benzene rings is 4. The SMILES string of the molecule is CCc1ccc2c(c1)C(C)(C)/C(=C/c1cc(C=C3Sc4ccccc4N3C)c3ccccc3[n+]1-c1ccccc1)N2C. The van der Waals surface area contributed by atoms with E-state index in [-0.39, 0.29) is 5.41 Å². The molecule has 0 aliphatic carbocycles. The maximum Gasteiger partial charge on any atom is 0.219 e. The van der Waals surface area contributed by atoms with Crippen LogP contribution in [0.1, 0.15) is 43.2 Å². The standard InChI is InChI=1S/C38H36N3S/c1-6-26-20-21-33-31(22-26)38(2,3)36(39(33)4)25-29-23-27(24-37-40(5)34-18-12-13-19-35(34)42-37)30-16-10-11-17-32(30)41(29)28-14-8-7-9-15-28/h7-25H,6H2,1-5H3/q+1. The van der Waals surface area contributed by atoms with Gasteiger partial charge in [-0.1, -0.05) is 87.1 Å². The van der Waals surface area contributed by atoms with Crippen molar-refractivity contribution in [3.63, 3.8) is 0 Å². The fraction of sp³-hybridized carbons (Fsp3) is 0.184. The fourth-order valence-electron chi connectivity index (χ4n) is 6.52. The highest BCUT2D eigenvalue weighted by Crippen LogP contribution is 2.48. The number of nitrogens with zero attached hydrogens (tertiary/aromatic N) is 3. The third-order valence-corrected chi connectivity index (χ3v) is 10.0. The van der Waals surface area contributed by atoms with Gasteiger partial charge in [-0.05, 0) is 53.5 Å². The van der Waals surface area contributed by atoms with Crippen LogP contribution in [0.4, 0.5) is 11.4 Å². The Morgan fingerprint density at radius 2 is 1.50 bits per heavy atom. The van der Waals surface area contributed by atoms with E-state index in [4.69, 9.17) is 0 Å². The molecule has 2 aliphatic heterocycles. The minimum absolute atomic E-state index is 0.128. The second-order valence-corrected chi connectivity index (χ2v) is 12.8. The summed E-state index contributed by atoms with van der Waals surface area (Å²) in [5.41, 5.74) is 11.2. The van der Waals surface area contributed by atoms with Crippen LogP contribution >= 0.6 is 11.8 Å². The van der Waals surface area contributed by atoms with Crippen molar-refractivity contribution in [3.8, 4) is 5.69 Å². The third-order valence-electron chi connectivity index (χ3n) is 8.87. The minimum Gasteiger partial charge on any atom is -0.347 e. The Balaban J connectivity index is 1.47. The van der Waals surface area contributed by atoms with E-state index < -0.39 is 0 Å².